The van der Waals surface area contributed by atoms with Crippen molar-refractivity contribution in [3.05, 3.63) is 47.2 Å². The second-order valence-corrected chi connectivity index (χ2v) is 6.65. The SMILES string of the molecule is COc1cccc2c1C1(CCN(C(=O)c3ocnc3C)CC1)OCC2. The number of benzene rings is 1. The zero-order valence-corrected chi connectivity index (χ0v) is 14.6. The number of hydrogen-bond donors (Lipinski definition) is 0. The van der Waals surface area contributed by atoms with Crippen LogP contribution in [0, 0.1) is 6.92 Å². The summed E-state index contributed by atoms with van der Waals surface area (Å²) in [6.45, 7) is 3.73. The van der Waals surface area contributed by atoms with Crippen LogP contribution in [0.15, 0.2) is 29.0 Å². The molecule has 2 aliphatic heterocycles. The minimum atomic E-state index is -0.368. The summed E-state index contributed by atoms with van der Waals surface area (Å²) in [4.78, 5) is 18.5. The van der Waals surface area contributed by atoms with Crippen LogP contribution in [0.3, 0.4) is 0 Å². The molecule has 1 saturated heterocycles. The van der Waals surface area contributed by atoms with Gasteiger partial charge in [0, 0.05) is 18.7 Å². The van der Waals surface area contributed by atoms with Gasteiger partial charge in [-0.3, -0.25) is 4.79 Å². The fraction of sp³-hybridized carbons (Fsp3) is 0.474. The van der Waals surface area contributed by atoms with Gasteiger partial charge in [0.15, 0.2) is 6.39 Å². The highest BCUT2D eigenvalue weighted by Gasteiger charge is 2.44. The molecule has 1 spiro atoms. The number of oxazole rings is 1. The van der Waals surface area contributed by atoms with Crippen LogP contribution in [0.5, 0.6) is 5.75 Å². The Balaban J connectivity index is 1.59. The number of fused-ring (bicyclic) bond motifs is 2. The second-order valence-electron chi connectivity index (χ2n) is 6.65. The van der Waals surface area contributed by atoms with Gasteiger partial charge in [0.05, 0.1) is 19.4 Å². The second kappa shape index (κ2) is 6.19. The van der Waals surface area contributed by atoms with Crippen LogP contribution in [-0.4, -0.2) is 42.6 Å². The van der Waals surface area contributed by atoms with E-state index in [0.717, 1.165) is 30.6 Å². The van der Waals surface area contributed by atoms with Gasteiger partial charge >= 0.3 is 0 Å². The van der Waals surface area contributed by atoms with Crippen LogP contribution >= 0.6 is 0 Å². The number of piperidine rings is 1. The smallest absolute Gasteiger partial charge is 0.291 e. The lowest BCUT2D eigenvalue weighted by molar-refractivity contribution is -0.0948. The highest BCUT2D eigenvalue weighted by atomic mass is 16.5. The van der Waals surface area contributed by atoms with E-state index >= 15 is 0 Å². The molecule has 0 radical (unpaired) electrons. The van der Waals surface area contributed by atoms with Gasteiger partial charge in [-0.05, 0) is 37.8 Å². The van der Waals surface area contributed by atoms with E-state index in [2.05, 4.69) is 11.1 Å². The van der Waals surface area contributed by atoms with Gasteiger partial charge in [0.2, 0.25) is 5.76 Å². The molecule has 0 atom stereocenters. The highest BCUT2D eigenvalue weighted by molar-refractivity contribution is 5.92. The van der Waals surface area contributed by atoms with Gasteiger partial charge in [0.25, 0.3) is 5.91 Å². The van der Waals surface area contributed by atoms with Crippen LogP contribution in [0.4, 0.5) is 0 Å². The van der Waals surface area contributed by atoms with Crippen molar-refractivity contribution in [1.82, 2.24) is 9.88 Å². The third kappa shape index (κ3) is 2.61. The van der Waals surface area contributed by atoms with E-state index in [1.807, 2.05) is 17.0 Å². The summed E-state index contributed by atoms with van der Waals surface area (Å²) in [5.41, 5.74) is 2.71. The molecule has 3 heterocycles. The van der Waals surface area contributed by atoms with E-state index in [9.17, 15) is 4.79 Å². The largest absolute Gasteiger partial charge is 0.496 e. The molecule has 1 amide bonds. The minimum absolute atomic E-state index is 0.0964. The molecule has 1 fully saturated rings. The molecule has 25 heavy (non-hydrogen) atoms. The van der Waals surface area contributed by atoms with Crippen molar-refractivity contribution < 1.29 is 18.7 Å². The molecule has 132 valence electrons. The Kier molecular flexibility index (Phi) is 4.00. The van der Waals surface area contributed by atoms with Crippen LogP contribution in [0.25, 0.3) is 0 Å². The van der Waals surface area contributed by atoms with Crippen molar-refractivity contribution in [2.24, 2.45) is 0 Å². The number of ether oxygens (including phenoxy) is 2. The molecule has 1 aromatic carbocycles. The number of rotatable bonds is 2. The summed E-state index contributed by atoms with van der Waals surface area (Å²) >= 11 is 0. The Morgan fingerprint density at radius 2 is 2.12 bits per heavy atom. The molecule has 2 aliphatic rings. The molecule has 4 rings (SSSR count). The Morgan fingerprint density at radius 1 is 1.32 bits per heavy atom. The van der Waals surface area contributed by atoms with Crippen LogP contribution in [-0.2, 0) is 16.8 Å². The van der Waals surface area contributed by atoms with E-state index in [1.165, 1.54) is 12.0 Å². The summed E-state index contributed by atoms with van der Waals surface area (Å²) in [6, 6.07) is 6.17. The molecule has 0 N–H and O–H groups in total. The van der Waals surface area contributed by atoms with Crippen molar-refractivity contribution >= 4 is 5.91 Å². The Bertz CT molecular complexity index is 776. The van der Waals surface area contributed by atoms with Crippen molar-refractivity contribution in [2.75, 3.05) is 26.8 Å². The van der Waals surface area contributed by atoms with E-state index in [0.29, 0.717) is 31.2 Å². The zero-order chi connectivity index (χ0) is 17.4. The molecule has 0 bridgehead atoms. The number of nitrogens with zero attached hydrogens (tertiary/aromatic N) is 2. The van der Waals surface area contributed by atoms with Gasteiger partial charge in [-0.1, -0.05) is 12.1 Å². The van der Waals surface area contributed by atoms with Crippen molar-refractivity contribution in [1.29, 1.82) is 0 Å². The summed E-state index contributed by atoms with van der Waals surface area (Å²) in [6.07, 6.45) is 3.71. The first kappa shape index (κ1) is 16.1. The molecule has 0 saturated carbocycles. The third-order valence-electron chi connectivity index (χ3n) is 5.34. The number of methoxy groups -OCH3 is 1. The lowest BCUT2D eigenvalue weighted by atomic mass is 9.78. The maximum absolute atomic E-state index is 12.6. The van der Waals surface area contributed by atoms with Gasteiger partial charge < -0.3 is 18.8 Å². The number of carbonyl (C=O) groups excluding carboxylic acids is 1. The molecule has 0 unspecified atom stereocenters. The maximum Gasteiger partial charge on any atom is 0.291 e. The fourth-order valence-corrected chi connectivity index (χ4v) is 4.02. The first-order chi connectivity index (χ1) is 12.1. The number of amides is 1. The summed E-state index contributed by atoms with van der Waals surface area (Å²) in [7, 11) is 1.70. The fourth-order valence-electron chi connectivity index (χ4n) is 4.02. The van der Waals surface area contributed by atoms with Crippen LogP contribution < -0.4 is 4.74 Å². The van der Waals surface area contributed by atoms with Gasteiger partial charge in [-0.15, -0.1) is 0 Å². The van der Waals surface area contributed by atoms with E-state index in [1.54, 1.807) is 14.0 Å². The molecule has 6 nitrogen and oxygen atoms in total. The predicted octanol–water partition coefficient (Wildman–Crippen LogP) is 2.70. The summed E-state index contributed by atoms with van der Waals surface area (Å²) < 4.78 is 17.1. The molecular formula is C19H22N2O4. The number of carbonyl (C=O) groups is 1. The molecule has 1 aromatic heterocycles. The number of aryl methyl sites for hydroxylation is 1. The molecular weight excluding hydrogens is 320 g/mol. The van der Waals surface area contributed by atoms with E-state index in [4.69, 9.17) is 13.9 Å². The Morgan fingerprint density at radius 3 is 2.80 bits per heavy atom. The lowest BCUT2D eigenvalue weighted by Crippen LogP contribution is -2.48. The monoisotopic (exact) mass is 342 g/mol. The normalized spacial score (nSPS) is 18.9. The first-order valence-corrected chi connectivity index (χ1v) is 8.64. The topological polar surface area (TPSA) is 64.8 Å². The van der Waals surface area contributed by atoms with Crippen molar-refractivity contribution in [3.63, 3.8) is 0 Å². The molecule has 2 aromatic rings. The van der Waals surface area contributed by atoms with Crippen LogP contribution in [0.1, 0.15) is 40.2 Å². The number of aromatic nitrogens is 1. The van der Waals surface area contributed by atoms with E-state index in [-0.39, 0.29) is 11.5 Å². The Labute approximate surface area is 146 Å². The summed E-state index contributed by atoms with van der Waals surface area (Å²) in [5.74, 6) is 1.11. The average Bonchev–Trinajstić information content (AvgIpc) is 3.07. The minimum Gasteiger partial charge on any atom is -0.496 e. The van der Waals surface area contributed by atoms with Crippen molar-refractivity contribution in [3.8, 4) is 5.75 Å². The highest BCUT2D eigenvalue weighted by Crippen LogP contribution is 2.45. The standard InChI is InChI=1S/C19H22N2O4/c1-13-17(24-12-20-13)18(22)21-9-7-19(8-10-21)16-14(6-11-25-19)4-3-5-15(16)23-2/h3-5,12H,6-11H2,1-2H3. The average molecular weight is 342 g/mol. The quantitative estimate of drug-likeness (QED) is 0.839. The third-order valence-corrected chi connectivity index (χ3v) is 5.34. The number of likely N-dealkylation sites (tertiary alicyclic amines) is 1. The molecule has 6 heteroatoms. The lowest BCUT2D eigenvalue weighted by Gasteiger charge is -2.45. The predicted molar refractivity (Wildman–Crippen MR) is 90.7 cm³/mol. The first-order valence-electron chi connectivity index (χ1n) is 8.64. The zero-order valence-electron chi connectivity index (χ0n) is 14.6. The van der Waals surface area contributed by atoms with Gasteiger partial charge in [0.1, 0.15) is 11.4 Å². The van der Waals surface area contributed by atoms with Crippen molar-refractivity contribution in [2.45, 2.75) is 31.8 Å². The maximum atomic E-state index is 12.6. The van der Waals surface area contributed by atoms with Gasteiger partial charge in [-0.25, -0.2) is 4.98 Å². The van der Waals surface area contributed by atoms with E-state index < -0.39 is 0 Å². The Hall–Kier alpha value is -2.34. The summed E-state index contributed by atoms with van der Waals surface area (Å²) in [5, 5.41) is 0. The molecule has 0 aliphatic carbocycles. The number of hydrogen-bond acceptors (Lipinski definition) is 5. The van der Waals surface area contributed by atoms with Crippen LogP contribution in [0.2, 0.25) is 0 Å². The van der Waals surface area contributed by atoms with Gasteiger partial charge in [-0.2, -0.15) is 0 Å².